The molecule has 0 bridgehead atoms. The molecule has 0 saturated carbocycles. The van der Waals surface area contributed by atoms with Gasteiger partial charge in [0, 0.05) is 13.2 Å². The Morgan fingerprint density at radius 1 is 1.64 bits per heavy atom. The lowest BCUT2D eigenvalue weighted by atomic mass is 10.2. The Bertz CT molecular complexity index is 551. The number of hydrogen-bond donors (Lipinski definition) is 1. The first-order chi connectivity index (χ1) is 6.65. The quantitative estimate of drug-likeness (QED) is 0.763. The van der Waals surface area contributed by atoms with Gasteiger partial charge in [-0.05, 0) is 15.9 Å². The van der Waals surface area contributed by atoms with Crippen molar-refractivity contribution in [3.8, 4) is 6.07 Å². The minimum absolute atomic E-state index is 0.367. The summed E-state index contributed by atoms with van der Waals surface area (Å²) >= 11 is 3.27. The highest BCUT2D eigenvalue weighted by atomic mass is 79.9. The number of halogens is 1. The lowest BCUT2D eigenvalue weighted by Crippen LogP contribution is -1.95. The summed E-state index contributed by atoms with van der Waals surface area (Å²) in [4.78, 5) is 4.10. The van der Waals surface area contributed by atoms with Gasteiger partial charge in [0.1, 0.15) is 10.7 Å². The minimum atomic E-state index is 0.367. The lowest BCUT2D eigenvalue weighted by Gasteiger charge is -1.98. The molecule has 0 aliphatic heterocycles. The molecule has 6 heteroatoms. The van der Waals surface area contributed by atoms with E-state index in [2.05, 4.69) is 26.0 Å². The summed E-state index contributed by atoms with van der Waals surface area (Å²) in [7, 11) is 1.77. The monoisotopic (exact) mass is 251 g/mol. The second-order valence-electron chi connectivity index (χ2n) is 2.81. The van der Waals surface area contributed by atoms with Gasteiger partial charge < -0.3 is 5.73 Å². The van der Waals surface area contributed by atoms with Gasteiger partial charge in [-0.25, -0.2) is 9.67 Å². The molecule has 2 heterocycles. The van der Waals surface area contributed by atoms with Crippen LogP contribution >= 0.6 is 15.9 Å². The highest BCUT2D eigenvalue weighted by molar-refractivity contribution is 9.10. The van der Waals surface area contributed by atoms with Crippen molar-refractivity contribution in [2.45, 2.75) is 0 Å². The molecule has 0 aromatic carbocycles. The van der Waals surface area contributed by atoms with Gasteiger partial charge in [-0.3, -0.25) is 0 Å². The number of fused-ring (bicyclic) bond motifs is 1. The van der Waals surface area contributed by atoms with Gasteiger partial charge in [0.05, 0.1) is 16.6 Å². The molecule has 2 aromatic heterocycles. The van der Waals surface area contributed by atoms with Crippen LogP contribution < -0.4 is 5.73 Å². The summed E-state index contributed by atoms with van der Waals surface area (Å²) in [6.07, 6.45) is 1.45. The van der Waals surface area contributed by atoms with Crippen LogP contribution in [0.3, 0.4) is 0 Å². The standard InChI is InChI=1S/C8H6BrN5/c1-14-8-5(7(9)13-14)6(11)4(2-10)3-12-8/h3H,1H3,(H2,11,12). The molecule has 0 amide bonds. The number of anilines is 1. The van der Waals surface area contributed by atoms with Crippen molar-refractivity contribution in [1.29, 1.82) is 5.26 Å². The predicted octanol–water partition coefficient (Wildman–Crippen LogP) is 1.18. The van der Waals surface area contributed by atoms with Crippen LogP contribution in [0.25, 0.3) is 11.0 Å². The van der Waals surface area contributed by atoms with Crippen LogP contribution in [0.5, 0.6) is 0 Å². The Morgan fingerprint density at radius 2 is 2.36 bits per heavy atom. The zero-order valence-corrected chi connectivity index (χ0v) is 8.91. The summed E-state index contributed by atoms with van der Waals surface area (Å²) in [5.41, 5.74) is 7.24. The van der Waals surface area contributed by atoms with Crippen molar-refractivity contribution in [2.75, 3.05) is 5.73 Å². The Kier molecular flexibility index (Phi) is 1.89. The molecule has 0 fully saturated rings. The number of nitriles is 1. The number of hydrogen-bond acceptors (Lipinski definition) is 4. The van der Waals surface area contributed by atoms with Crippen molar-refractivity contribution >= 4 is 32.7 Å². The van der Waals surface area contributed by atoms with Crippen LogP contribution in [0.4, 0.5) is 5.69 Å². The van der Waals surface area contributed by atoms with Crippen molar-refractivity contribution in [2.24, 2.45) is 7.05 Å². The number of rotatable bonds is 0. The van der Waals surface area contributed by atoms with Gasteiger partial charge in [0.2, 0.25) is 0 Å². The summed E-state index contributed by atoms with van der Waals surface area (Å²) in [5, 5.41) is 13.6. The Balaban J connectivity index is 2.96. The molecule has 2 N–H and O–H groups in total. The molecule has 0 spiro atoms. The van der Waals surface area contributed by atoms with E-state index in [-0.39, 0.29) is 0 Å². The maximum Gasteiger partial charge on any atom is 0.160 e. The summed E-state index contributed by atoms with van der Waals surface area (Å²) in [5.74, 6) is 0. The normalized spacial score (nSPS) is 10.4. The number of aromatic nitrogens is 3. The van der Waals surface area contributed by atoms with Crippen molar-refractivity contribution in [3.63, 3.8) is 0 Å². The van der Waals surface area contributed by atoms with Crippen LogP contribution in [0.2, 0.25) is 0 Å². The van der Waals surface area contributed by atoms with Crippen molar-refractivity contribution in [3.05, 3.63) is 16.4 Å². The fraction of sp³-hybridized carbons (Fsp3) is 0.125. The predicted molar refractivity (Wildman–Crippen MR) is 55.3 cm³/mol. The van der Waals surface area contributed by atoms with E-state index in [1.54, 1.807) is 11.7 Å². The molecule has 0 unspecified atom stereocenters. The highest BCUT2D eigenvalue weighted by Crippen LogP contribution is 2.28. The number of pyridine rings is 1. The Morgan fingerprint density at radius 3 is 3.00 bits per heavy atom. The van der Waals surface area contributed by atoms with Gasteiger partial charge in [-0.2, -0.15) is 10.4 Å². The first-order valence-electron chi connectivity index (χ1n) is 3.82. The van der Waals surface area contributed by atoms with Gasteiger partial charge in [-0.1, -0.05) is 0 Å². The minimum Gasteiger partial charge on any atom is -0.397 e. The van der Waals surface area contributed by atoms with E-state index < -0.39 is 0 Å². The summed E-state index contributed by atoms with van der Waals surface area (Å²) in [6, 6.07) is 1.98. The van der Waals surface area contributed by atoms with Crippen molar-refractivity contribution < 1.29 is 0 Å². The molecular formula is C8H6BrN5. The van der Waals surface area contributed by atoms with E-state index in [4.69, 9.17) is 11.0 Å². The van der Waals surface area contributed by atoms with Crippen LogP contribution in [-0.2, 0) is 7.05 Å². The van der Waals surface area contributed by atoms with Gasteiger partial charge in [0.25, 0.3) is 0 Å². The Labute approximate surface area is 88.3 Å². The average Bonchev–Trinajstić information content (AvgIpc) is 2.44. The second kappa shape index (κ2) is 2.96. The lowest BCUT2D eigenvalue weighted by molar-refractivity contribution is 0.778. The molecule has 0 radical (unpaired) electrons. The average molecular weight is 252 g/mol. The Hall–Kier alpha value is -1.61. The molecular weight excluding hydrogens is 246 g/mol. The molecule has 0 saturated heterocycles. The molecule has 0 aliphatic carbocycles. The van der Waals surface area contributed by atoms with E-state index in [1.807, 2.05) is 6.07 Å². The van der Waals surface area contributed by atoms with E-state index in [9.17, 15) is 0 Å². The highest BCUT2D eigenvalue weighted by Gasteiger charge is 2.13. The third-order valence-corrected chi connectivity index (χ3v) is 2.53. The summed E-state index contributed by atoms with van der Waals surface area (Å²) < 4.78 is 2.22. The molecule has 2 rings (SSSR count). The second-order valence-corrected chi connectivity index (χ2v) is 3.56. The molecule has 70 valence electrons. The number of nitrogen functional groups attached to an aromatic ring is 1. The van der Waals surface area contributed by atoms with Crippen LogP contribution in [0.1, 0.15) is 5.56 Å². The fourth-order valence-corrected chi connectivity index (χ4v) is 1.91. The third kappa shape index (κ3) is 1.06. The first kappa shape index (κ1) is 8.97. The van der Waals surface area contributed by atoms with E-state index in [1.165, 1.54) is 6.20 Å². The summed E-state index contributed by atoms with van der Waals surface area (Å²) in [6.45, 7) is 0. The molecule has 0 aliphatic rings. The zero-order chi connectivity index (χ0) is 10.3. The molecule has 0 atom stereocenters. The van der Waals surface area contributed by atoms with E-state index in [0.717, 1.165) is 0 Å². The molecule has 14 heavy (non-hydrogen) atoms. The van der Waals surface area contributed by atoms with Crippen LogP contribution in [0.15, 0.2) is 10.8 Å². The fourth-order valence-electron chi connectivity index (χ4n) is 1.28. The topological polar surface area (TPSA) is 80.5 Å². The largest absolute Gasteiger partial charge is 0.397 e. The maximum atomic E-state index is 8.76. The smallest absolute Gasteiger partial charge is 0.160 e. The van der Waals surface area contributed by atoms with Crippen LogP contribution in [-0.4, -0.2) is 14.8 Å². The molecule has 5 nitrogen and oxygen atoms in total. The van der Waals surface area contributed by atoms with E-state index in [0.29, 0.717) is 26.9 Å². The van der Waals surface area contributed by atoms with E-state index >= 15 is 0 Å². The maximum absolute atomic E-state index is 8.76. The third-order valence-electron chi connectivity index (χ3n) is 1.97. The van der Waals surface area contributed by atoms with Gasteiger partial charge in [0.15, 0.2) is 5.65 Å². The van der Waals surface area contributed by atoms with Gasteiger partial charge >= 0.3 is 0 Å². The number of nitrogens with two attached hydrogens (primary N) is 1. The SMILES string of the molecule is Cn1nc(Br)c2c(N)c(C#N)cnc21. The number of nitrogens with zero attached hydrogens (tertiary/aromatic N) is 4. The number of aryl methyl sites for hydroxylation is 1. The molecule has 2 aromatic rings. The first-order valence-corrected chi connectivity index (χ1v) is 4.61. The zero-order valence-electron chi connectivity index (χ0n) is 7.32. The van der Waals surface area contributed by atoms with Gasteiger partial charge in [-0.15, -0.1) is 0 Å². The van der Waals surface area contributed by atoms with Crippen molar-refractivity contribution in [1.82, 2.24) is 14.8 Å². The van der Waals surface area contributed by atoms with Crippen LogP contribution in [0, 0.1) is 11.3 Å².